The summed E-state index contributed by atoms with van der Waals surface area (Å²) in [6.45, 7) is 4.30. The van der Waals surface area contributed by atoms with Crippen LogP contribution in [0.4, 0.5) is 0 Å². The van der Waals surface area contributed by atoms with Gasteiger partial charge in [-0.15, -0.1) is 0 Å². The lowest BCUT2D eigenvalue weighted by atomic mass is 10.1. The van der Waals surface area contributed by atoms with Crippen LogP contribution in [0.3, 0.4) is 0 Å². The highest BCUT2D eigenvalue weighted by Gasteiger charge is 2.27. The van der Waals surface area contributed by atoms with Gasteiger partial charge in [-0.05, 0) is 38.5 Å². The highest BCUT2D eigenvalue weighted by Crippen LogP contribution is 2.08. The topological polar surface area (TPSA) is 124 Å². The summed E-state index contributed by atoms with van der Waals surface area (Å²) in [4.78, 5) is 12.3. The highest BCUT2D eigenvalue weighted by atomic mass is 32.2. The predicted molar refractivity (Wildman–Crippen MR) is 130 cm³/mol. The number of carbonyl (C=O) groups is 1. The largest absolute Gasteiger partial charge is 0.387 e. The van der Waals surface area contributed by atoms with Gasteiger partial charge in [-0.2, -0.15) is 8.42 Å². The van der Waals surface area contributed by atoms with Crippen LogP contribution in [0.15, 0.2) is 24.3 Å². The molecule has 0 saturated heterocycles. The zero-order valence-electron chi connectivity index (χ0n) is 19.9. The molecule has 0 spiro atoms. The number of carbonyl (C=O) groups excluding carboxylic acids is 1. The van der Waals surface area contributed by atoms with Crippen LogP contribution in [-0.4, -0.2) is 53.1 Å². The first-order valence-electron chi connectivity index (χ1n) is 12.1. The Morgan fingerprint density at radius 2 is 1.38 bits per heavy atom. The number of allylic oxidation sites excluding steroid dienone is 3. The van der Waals surface area contributed by atoms with Crippen LogP contribution in [0.5, 0.6) is 0 Å². The number of aliphatic hydroxyl groups is 2. The number of hydrogen-bond acceptors (Lipinski definition) is 5. The molecule has 0 heterocycles. The van der Waals surface area contributed by atoms with Crippen molar-refractivity contribution in [2.45, 2.75) is 116 Å². The second kappa shape index (κ2) is 19.3. The number of rotatable bonds is 20. The number of nitrogens with one attached hydrogen (secondary N) is 1. The lowest BCUT2D eigenvalue weighted by Gasteiger charge is -2.22. The molecule has 0 aromatic heterocycles. The van der Waals surface area contributed by atoms with E-state index in [2.05, 4.69) is 19.2 Å². The second-order valence-electron chi connectivity index (χ2n) is 8.40. The number of unbranched alkanes of at least 4 members (excludes halogenated alkanes) is 9. The zero-order valence-corrected chi connectivity index (χ0v) is 20.7. The van der Waals surface area contributed by atoms with Crippen molar-refractivity contribution in [3.8, 4) is 0 Å². The van der Waals surface area contributed by atoms with Crippen molar-refractivity contribution < 1.29 is 28.0 Å². The molecule has 8 heteroatoms. The molecule has 0 aromatic rings. The summed E-state index contributed by atoms with van der Waals surface area (Å²) in [5, 5.41) is 22.8. The minimum atomic E-state index is -4.42. The summed E-state index contributed by atoms with van der Waals surface area (Å²) in [5.74, 6) is -1.59. The van der Waals surface area contributed by atoms with Gasteiger partial charge in [0.25, 0.3) is 10.1 Å². The molecule has 0 rings (SSSR count). The van der Waals surface area contributed by atoms with E-state index in [0.717, 1.165) is 44.9 Å². The Bertz CT molecular complexity index is 632. The Kier molecular flexibility index (Phi) is 18.5. The van der Waals surface area contributed by atoms with Crippen molar-refractivity contribution in [3.63, 3.8) is 0 Å². The molecule has 0 aliphatic carbocycles. The molecule has 0 saturated carbocycles. The fraction of sp³-hybridized carbons (Fsp3) is 0.792. The Morgan fingerprint density at radius 3 is 1.97 bits per heavy atom. The molecule has 7 nitrogen and oxygen atoms in total. The molecule has 0 radical (unpaired) electrons. The summed E-state index contributed by atoms with van der Waals surface area (Å²) in [5.41, 5.74) is 0. The first kappa shape index (κ1) is 30.8. The molecular weight excluding hydrogens is 430 g/mol. The van der Waals surface area contributed by atoms with Crippen LogP contribution in [0.25, 0.3) is 0 Å². The maximum Gasteiger partial charge on any atom is 0.267 e. The van der Waals surface area contributed by atoms with Crippen molar-refractivity contribution in [1.29, 1.82) is 0 Å². The third kappa shape index (κ3) is 18.4. The van der Waals surface area contributed by atoms with Gasteiger partial charge in [-0.25, -0.2) is 0 Å². The molecule has 0 fully saturated rings. The minimum absolute atomic E-state index is 0.194. The Balaban J connectivity index is 4.53. The monoisotopic (exact) mass is 475 g/mol. The number of hydrogen-bond donors (Lipinski definition) is 4. The van der Waals surface area contributed by atoms with Gasteiger partial charge in [0.2, 0.25) is 5.91 Å². The van der Waals surface area contributed by atoms with Gasteiger partial charge in [-0.1, -0.05) is 83.1 Å². The van der Waals surface area contributed by atoms with E-state index in [1.54, 1.807) is 6.08 Å². The molecule has 188 valence electrons. The van der Waals surface area contributed by atoms with E-state index in [1.807, 2.05) is 12.2 Å². The van der Waals surface area contributed by atoms with Crippen LogP contribution in [0.2, 0.25) is 0 Å². The van der Waals surface area contributed by atoms with Crippen molar-refractivity contribution in [2.75, 3.05) is 5.75 Å². The third-order valence-corrected chi connectivity index (χ3v) is 6.02. The van der Waals surface area contributed by atoms with Gasteiger partial charge in [-0.3, -0.25) is 9.35 Å². The summed E-state index contributed by atoms with van der Waals surface area (Å²) in [6.07, 6.45) is 17.2. The van der Waals surface area contributed by atoms with Crippen LogP contribution in [0, 0.1) is 0 Å². The maximum atomic E-state index is 12.3. The fourth-order valence-electron chi connectivity index (χ4n) is 3.28. The normalized spacial score (nSPS) is 15.3. The van der Waals surface area contributed by atoms with Gasteiger partial charge in [0.1, 0.15) is 6.10 Å². The van der Waals surface area contributed by atoms with Crippen molar-refractivity contribution >= 4 is 16.0 Å². The highest BCUT2D eigenvalue weighted by molar-refractivity contribution is 7.85. The minimum Gasteiger partial charge on any atom is -0.387 e. The van der Waals surface area contributed by atoms with E-state index < -0.39 is 40.0 Å². The van der Waals surface area contributed by atoms with Gasteiger partial charge in [0.05, 0.1) is 17.9 Å². The molecule has 1 amide bonds. The Morgan fingerprint density at radius 1 is 0.844 bits per heavy atom. The molecule has 3 atom stereocenters. The fourth-order valence-corrected chi connectivity index (χ4v) is 4.01. The molecule has 0 aliphatic rings. The molecule has 32 heavy (non-hydrogen) atoms. The predicted octanol–water partition coefficient (Wildman–Crippen LogP) is 4.30. The van der Waals surface area contributed by atoms with Crippen molar-refractivity contribution in [1.82, 2.24) is 5.32 Å². The van der Waals surface area contributed by atoms with Gasteiger partial charge >= 0.3 is 0 Å². The average Bonchev–Trinajstić information content (AvgIpc) is 2.73. The lowest BCUT2D eigenvalue weighted by Crippen LogP contribution is -2.50. The second-order valence-corrected chi connectivity index (χ2v) is 9.90. The SMILES string of the molecule is CCCCCC/C=C\CCC(O)C(=O)NC(CS(=O)(=O)O)C(O)/C=C/CCCCCCC. The first-order chi connectivity index (χ1) is 15.2. The molecule has 0 aromatic carbocycles. The number of aliphatic hydroxyl groups excluding tert-OH is 2. The molecule has 4 N–H and O–H groups in total. The molecular formula is C24H45NO6S. The summed E-state index contributed by atoms with van der Waals surface area (Å²) in [6, 6.07) is -1.24. The lowest BCUT2D eigenvalue weighted by molar-refractivity contribution is -0.130. The molecule has 0 aliphatic heterocycles. The Hall–Kier alpha value is -1.22. The average molecular weight is 476 g/mol. The van der Waals surface area contributed by atoms with E-state index in [1.165, 1.54) is 31.8 Å². The summed E-state index contributed by atoms with van der Waals surface area (Å²) >= 11 is 0. The summed E-state index contributed by atoms with van der Waals surface area (Å²) < 4.78 is 31.8. The van der Waals surface area contributed by atoms with Gasteiger partial charge in [0, 0.05) is 0 Å². The standard InChI is InChI=1S/C24H45NO6S/c1-3-5-7-9-11-13-15-17-19-23(27)24(28)25-21(20-32(29,30)31)22(26)18-16-14-12-10-8-6-4-2/h13,15-16,18,21-23,26-27H,3-12,14,17,19-20H2,1-2H3,(H,25,28)(H,29,30,31)/b15-13-,18-16+. The van der Waals surface area contributed by atoms with Gasteiger partial charge < -0.3 is 15.5 Å². The van der Waals surface area contributed by atoms with E-state index in [-0.39, 0.29) is 6.42 Å². The zero-order chi connectivity index (χ0) is 24.2. The molecule has 3 unspecified atom stereocenters. The smallest absolute Gasteiger partial charge is 0.267 e. The van der Waals surface area contributed by atoms with Gasteiger partial charge in [0.15, 0.2) is 0 Å². The quantitative estimate of drug-likeness (QED) is 0.118. The molecule has 0 bridgehead atoms. The van der Waals surface area contributed by atoms with E-state index in [4.69, 9.17) is 0 Å². The first-order valence-corrected chi connectivity index (χ1v) is 13.8. The van der Waals surface area contributed by atoms with Crippen LogP contribution in [-0.2, 0) is 14.9 Å². The number of amides is 1. The van der Waals surface area contributed by atoms with E-state index in [0.29, 0.717) is 6.42 Å². The summed E-state index contributed by atoms with van der Waals surface area (Å²) in [7, 11) is -4.42. The third-order valence-electron chi connectivity index (χ3n) is 5.24. The van der Waals surface area contributed by atoms with E-state index in [9.17, 15) is 28.0 Å². The van der Waals surface area contributed by atoms with Crippen LogP contribution < -0.4 is 5.32 Å². The van der Waals surface area contributed by atoms with Crippen LogP contribution >= 0.6 is 0 Å². The maximum absolute atomic E-state index is 12.3. The van der Waals surface area contributed by atoms with Crippen molar-refractivity contribution in [3.05, 3.63) is 24.3 Å². The van der Waals surface area contributed by atoms with E-state index >= 15 is 0 Å². The Labute approximate surface area is 195 Å². The van der Waals surface area contributed by atoms with Crippen molar-refractivity contribution in [2.24, 2.45) is 0 Å². The van der Waals surface area contributed by atoms with Crippen LogP contribution in [0.1, 0.15) is 97.3 Å².